The third-order valence-electron chi connectivity index (χ3n) is 4.50. The van der Waals surface area contributed by atoms with Gasteiger partial charge >= 0.3 is 5.97 Å². The second-order valence-electron chi connectivity index (χ2n) is 6.72. The molecule has 6 nitrogen and oxygen atoms in total. The highest BCUT2D eigenvalue weighted by Gasteiger charge is 2.20. The van der Waals surface area contributed by atoms with Crippen LogP contribution in [0.4, 0.5) is 5.69 Å². The number of rotatable bonds is 6. The van der Waals surface area contributed by atoms with Gasteiger partial charge in [-0.15, -0.1) is 11.3 Å². The summed E-state index contributed by atoms with van der Waals surface area (Å²) in [6, 6.07) is 20.0. The molecule has 0 aliphatic carbocycles. The van der Waals surface area contributed by atoms with Gasteiger partial charge in [-0.3, -0.25) is 4.79 Å². The maximum atomic E-state index is 12.8. The highest BCUT2D eigenvalue weighted by atomic mass is 35.5. The molecule has 2 heterocycles. The molecule has 4 rings (SSSR count). The van der Waals surface area contributed by atoms with E-state index in [0.717, 1.165) is 16.1 Å². The van der Waals surface area contributed by atoms with E-state index >= 15 is 0 Å². The second-order valence-corrected chi connectivity index (χ2v) is 8.11. The fraction of sp³-hybridized carbons (Fsp3) is 0.0870. The fourth-order valence-corrected chi connectivity index (χ4v) is 3.81. The molecule has 31 heavy (non-hydrogen) atoms. The average Bonchev–Trinajstić information content (AvgIpc) is 3.45. The number of aromatic nitrogens is 2. The molecule has 1 amide bonds. The van der Waals surface area contributed by atoms with Gasteiger partial charge in [0.2, 0.25) is 0 Å². The summed E-state index contributed by atoms with van der Waals surface area (Å²) in [5.74, 6) is -1.10. The number of nitrogens with one attached hydrogen (secondary N) is 1. The van der Waals surface area contributed by atoms with Crippen LogP contribution in [0.2, 0.25) is 5.02 Å². The fourth-order valence-electron chi connectivity index (χ4n) is 2.96. The SMILES string of the molecule is Cc1ccc(Cl)cc1NC(=O)COC(=O)c1cc(-c2cccs2)nn1-c1ccccc1. The molecule has 0 spiro atoms. The molecule has 8 heteroatoms. The Morgan fingerprint density at radius 2 is 1.90 bits per heavy atom. The molecule has 1 N–H and O–H groups in total. The maximum Gasteiger partial charge on any atom is 0.357 e. The summed E-state index contributed by atoms with van der Waals surface area (Å²) in [5.41, 5.74) is 3.04. The Kier molecular flexibility index (Phi) is 6.16. The molecule has 0 aliphatic heterocycles. The van der Waals surface area contributed by atoms with E-state index in [1.807, 2.05) is 54.8 Å². The van der Waals surface area contributed by atoms with Crippen LogP contribution in [0.25, 0.3) is 16.3 Å². The summed E-state index contributed by atoms with van der Waals surface area (Å²) >= 11 is 7.51. The number of thiophene rings is 1. The molecule has 0 unspecified atom stereocenters. The lowest BCUT2D eigenvalue weighted by Gasteiger charge is -2.10. The number of esters is 1. The molecule has 0 atom stereocenters. The molecule has 0 fully saturated rings. The van der Waals surface area contributed by atoms with Gasteiger partial charge in [0.1, 0.15) is 5.69 Å². The number of halogens is 1. The summed E-state index contributed by atoms with van der Waals surface area (Å²) in [6.07, 6.45) is 0. The van der Waals surface area contributed by atoms with Crippen molar-refractivity contribution in [2.45, 2.75) is 6.92 Å². The highest BCUT2D eigenvalue weighted by molar-refractivity contribution is 7.13. The molecular weight excluding hydrogens is 434 g/mol. The first-order chi connectivity index (χ1) is 15.0. The molecule has 156 valence electrons. The summed E-state index contributed by atoms with van der Waals surface area (Å²) in [6.45, 7) is 1.42. The van der Waals surface area contributed by atoms with E-state index in [4.69, 9.17) is 16.3 Å². The molecule has 0 aliphatic rings. The monoisotopic (exact) mass is 451 g/mol. The molecule has 2 aromatic carbocycles. The number of anilines is 1. The van der Waals surface area contributed by atoms with Gasteiger partial charge in [0.25, 0.3) is 5.91 Å². The van der Waals surface area contributed by atoms with Crippen LogP contribution in [0, 0.1) is 6.92 Å². The van der Waals surface area contributed by atoms with Gasteiger partial charge in [-0.25, -0.2) is 9.48 Å². The van der Waals surface area contributed by atoms with Gasteiger partial charge in [0, 0.05) is 16.8 Å². The molecule has 0 saturated carbocycles. The van der Waals surface area contributed by atoms with Gasteiger partial charge in [0.15, 0.2) is 12.3 Å². The number of ether oxygens (including phenoxy) is 1. The number of nitrogens with zero attached hydrogens (tertiary/aromatic N) is 2. The lowest BCUT2D eigenvalue weighted by molar-refractivity contribution is -0.119. The number of benzene rings is 2. The molecular formula is C23H18ClN3O3S. The second kappa shape index (κ2) is 9.16. The van der Waals surface area contributed by atoms with Crippen molar-refractivity contribution in [2.75, 3.05) is 11.9 Å². The van der Waals surface area contributed by atoms with Gasteiger partial charge in [-0.05, 0) is 48.2 Å². The number of carbonyl (C=O) groups is 2. The number of hydrogen-bond acceptors (Lipinski definition) is 5. The van der Waals surface area contributed by atoms with Gasteiger partial charge in [-0.2, -0.15) is 5.10 Å². The zero-order valence-electron chi connectivity index (χ0n) is 16.5. The van der Waals surface area contributed by atoms with Crippen LogP contribution in [0.1, 0.15) is 16.1 Å². The Bertz CT molecular complexity index is 1220. The average molecular weight is 452 g/mol. The Morgan fingerprint density at radius 1 is 1.10 bits per heavy atom. The van der Waals surface area contributed by atoms with Crippen molar-refractivity contribution in [3.8, 4) is 16.3 Å². The Balaban J connectivity index is 1.52. The number of hydrogen-bond donors (Lipinski definition) is 1. The molecule has 0 bridgehead atoms. The predicted molar refractivity (Wildman–Crippen MR) is 122 cm³/mol. The van der Waals surface area contributed by atoms with Gasteiger partial charge < -0.3 is 10.1 Å². The van der Waals surface area contributed by atoms with Crippen LogP contribution < -0.4 is 5.32 Å². The zero-order valence-corrected chi connectivity index (χ0v) is 18.1. The van der Waals surface area contributed by atoms with Crippen molar-refractivity contribution in [2.24, 2.45) is 0 Å². The molecule has 2 aromatic heterocycles. The molecule has 0 radical (unpaired) electrons. The van der Waals surface area contributed by atoms with E-state index < -0.39 is 18.5 Å². The zero-order chi connectivity index (χ0) is 21.8. The first-order valence-electron chi connectivity index (χ1n) is 9.44. The van der Waals surface area contributed by atoms with Crippen LogP contribution in [0.15, 0.2) is 72.1 Å². The van der Waals surface area contributed by atoms with Crippen LogP contribution in [0.5, 0.6) is 0 Å². The topological polar surface area (TPSA) is 73.2 Å². The first kappa shape index (κ1) is 20.8. The minimum atomic E-state index is -0.642. The van der Waals surface area contributed by atoms with Crippen molar-refractivity contribution in [3.05, 3.63) is 88.4 Å². The van der Waals surface area contributed by atoms with E-state index in [9.17, 15) is 9.59 Å². The van der Waals surface area contributed by atoms with E-state index in [1.54, 1.807) is 24.3 Å². The van der Waals surface area contributed by atoms with Crippen LogP contribution in [0.3, 0.4) is 0 Å². The lowest BCUT2D eigenvalue weighted by Crippen LogP contribution is -2.22. The number of carbonyl (C=O) groups excluding carboxylic acids is 2. The van der Waals surface area contributed by atoms with E-state index in [2.05, 4.69) is 10.4 Å². The van der Waals surface area contributed by atoms with Crippen molar-refractivity contribution in [1.29, 1.82) is 0 Å². The third-order valence-corrected chi connectivity index (χ3v) is 5.63. The van der Waals surface area contributed by atoms with Gasteiger partial charge in [-0.1, -0.05) is 41.9 Å². The predicted octanol–water partition coefficient (Wildman–Crippen LogP) is 5.36. The highest BCUT2D eigenvalue weighted by Crippen LogP contribution is 2.26. The summed E-state index contributed by atoms with van der Waals surface area (Å²) in [4.78, 5) is 26.1. The lowest BCUT2D eigenvalue weighted by atomic mass is 10.2. The number of aryl methyl sites for hydroxylation is 1. The van der Waals surface area contributed by atoms with Crippen molar-refractivity contribution in [3.63, 3.8) is 0 Å². The standard InChI is InChI=1S/C23H18ClN3O3S/c1-15-9-10-16(24)12-18(15)25-22(28)14-30-23(29)20-13-19(21-8-5-11-31-21)26-27(20)17-6-3-2-4-7-17/h2-13H,14H2,1H3,(H,25,28). The van der Waals surface area contributed by atoms with E-state index in [1.165, 1.54) is 16.0 Å². The van der Waals surface area contributed by atoms with E-state index in [0.29, 0.717) is 16.4 Å². The van der Waals surface area contributed by atoms with Crippen LogP contribution >= 0.6 is 22.9 Å². The molecule has 4 aromatic rings. The van der Waals surface area contributed by atoms with Crippen molar-refractivity contribution < 1.29 is 14.3 Å². The number of amides is 1. The van der Waals surface area contributed by atoms with Crippen molar-refractivity contribution >= 4 is 40.5 Å². The normalized spacial score (nSPS) is 10.6. The van der Waals surface area contributed by atoms with Gasteiger partial charge in [0.05, 0.1) is 10.6 Å². The third kappa shape index (κ3) is 4.84. The Hall–Kier alpha value is -3.42. The van der Waals surface area contributed by atoms with Crippen LogP contribution in [-0.2, 0) is 9.53 Å². The van der Waals surface area contributed by atoms with E-state index in [-0.39, 0.29) is 5.69 Å². The summed E-state index contributed by atoms with van der Waals surface area (Å²) in [7, 11) is 0. The quantitative estimate of drug-likeness (QED) is 0.400. The smallest absolute Gasteiger partial charge is 0.357 e. The van der Waals surface area contributed by atoms with Crippen LogP contribution in [-0.4, -0.2) is 28.3 Å². The Morgan fingerprint density at radius 3 is 2.65 bits per heavy atom. The molecule has 0 saturated heterocycles. The first-order valence-corrected chi connectivity index (χ1v) is 10.7. The summed E-state index contributed by atoms with van der Waals surface area (Å²) in [5, 5.41) is 9.73. The minimum absolute atomic E-state index is 0.237. The minimum Gasteiger partial charge on any atom is -0.451 e. The number of para-hydroxylation sites is 1. The Labute approximate surface area is 188 Å². The maximum absolute atomic E-state index is 12.8. The summed E-state index contributed by atoms with van der Waals surface area (Å²) < 4.78 is 6.81. The largest absolute Gasteiger partial charge is 0.451 e. The van der Waals surface area contributed by atoms with Crippen molar-refractivity contribution in [1.82, 2.24) is 9.78 Å².